The average molecular weight is 292 g/mol. The number of hydrogen-bond acceptors (Lipinski definition) is 4. The molecular formula is C18H20N4. The largest absolute Gasteiger partial charge is 0.363 e. The van der Waals surface area contributed by atoms with E-state index in [0.717, 1.165) is 16.7 Å². The SMILES string of the molecule is C[C@@H](Nc1nc(N(C)C)nc2ccccc12)c1ccccc1. The van der Waals surface area contributed by atoms with Crippen LogP contribution in [0.5, 0.6) is 0 Å². The molecule has 1 N–H and O–H groups in total. The van der Waals surface area contributed by atoms with Crippen LogP contribution in [-0.4, -0.2) is 24.1 Å². The Balaban J connectivity index is 2.02. The van der Waals surface area contributed by atoms with Gasteiger partial charge in [0.05, 0.1) is 5.52 Å². The van der Waals surface area contributed by atoms with Crippen molar-refractivity contribution in [2.75, 3.05) is 24.3 Å². The highest BCUT2D eigenvalue weighted by molar-refractivity contribution is 5.90. The molecule has 22 heavy (non-hydrogen) atoms. The van der Waals surface area contributed by atoms with Gasteiger partial charge in [-0.15, -0.1) is 0 Å². The molecule has 1 heterocycles. The molecular weight excluding hydrogens is 272 g/mol. The monoisotopic (exact) mass is 292 g/mol. The number of anilines is 2. The number of benzene rings is 2. The van der Waals surface area contributed by atoms with Gasteiger partial charge in [-0.25, -0.2) is 4.98 Å². The molecule has 3 rings (SSSR count). The van der Waals surface area contributed by atoms with E-state index in [2.05, 4.69) is 52.5 Å². The lowest BCUT2D eigenvalue weighted by Gasteiger charge is -2.18. The summed E-state index contributed by atoms with van der Waals surface area (Å²) in [6, 6.07) is 18.6. The second kappa shape index (κ2) is 6.02. The molecule has 0 spiro atoms. The first-order valence-corrected chi connectivity index (χ1v) is 7.41. The van der Waals surface area contributed by atoms with Gasteiger partial charge in [-0.2, -0.15) is 4.98 Å². The fraction of sp³-hybridized carbons (Fsp3) is 0.222. The molecule has 0 saturated heterocycles. The van der Waals surface area contributed by atoms with Crippen molar-refractivity contribution < 1.29 is 0 Å². The Labute approximate surface area is 130 Å². The van der Waals surface area contributed by atoms with Gasteiger partial charge in [-0.3, -0.25) is 0 Å². The van der Waals surface area contributed by atoms with E-state index in [0.29, 0.717) is 5.95 Å². The van der Waals surface area contributed by atoms with Crippen molar-refractivity contribution in [1.29, 1.82) is 0 Å². The molecule has 0 radical (unpaired) electrons. The number of fused-ring (bicyclic) bond motifs is 1. The van der Waals surface area contributed by atoms with Gasteiger partial charge in [-0.05, 0) is 24.6 Å². The van der Waals surface area contributed by atoms with Crippen LogP contribution >= 0.6 is 0 Å². The Hall–Kier alpha value is -2.62. The summed E-state index contributed by atoms with van der Waals surface area (Å²) in [5.41, 5.74) is 2.18. The summed E-state index contributed by atoms with van der Waals surface area (Å²) in [6.07, 6.45) is 0. The lowest BCUT2D eigenvalue weighted by molar-refractivity contribution is 0.873. The van der Waals surface area contributed by atoms with Gasteiger partial charge < -0.3 is 10.2 Å². The number of para-hydroxylation sites is 1. The van der Waals surface area contributed by atoms with E-state index in [4.69, 9.17) is 0 Å². The van der Waals surface area contributed by atoms with Crippen LogP contribution < -0.4 is 10.2 Å². The Morgan fingerprint density at radius 2 is 1.59 bits per heavy atom. The van der Waals surface area contributed by atoms with Crippen LogP contribution in [0.4, 0.5) is 11.8 Å². The predicted molar refractivity (Wildman–Crippen MR) is 92.3 cm³/mol. The maximum Gasteiger partial charge on any atom is 0.227 e. The molecule has 2 aromatic carbocycles. The number of aromatic nitrogens is 2. The van der Waals surface area contributed by atoms with E-state index in [9.17, 15) is 0 Å². The number of rotatable bonds is 4. The summed E-state index contributed by atoms with van der Waals surface area (Å²) < 4.78 is 0. The fourth-order valence-corrected chi connectivity index (χ4v) is 2.40. The smallest absolute Gasteiger partial charge is 0.227 e. The third-order valence-corrected chi connectivity index (χ3v) is 3.64. The summed E-state index contributed by atoms with van der Waals surface area (Å²) >= 11 is 0. The molecule has 3 aromatic rings. The molecule has 0 aliphatic carbocycles. The lowest BCUT2D eigenvalue weighted by Crippen LogP contribution is -2.15. The van der Waals surface area contributed by atoms with Gasteiger partial charge in [-0.1, -0.05) is 42.5 Å². The van der Waals surface area contributed by atoms with E-state index >= 15 is 0 Å². The van der Waals surface area contributed by atoms with Crippen molar-refractivity contribution in [2.45, 2.75) is 13.0 Å². The zero-order valence-corrected chi connectivity index (χ0v) is 13.1. The van der Waals surface area contributed by atoms with Gasteiger partial charge in [0, 0.05) is 25.5 Å². The minimum Gasteiger partial charge on any atom is -0.363 e. The summed E-state index contributed by atoms with van der Waals surface area (Å²) in [7, 11) is 3.91. The van der Waals surface area contributed by atoms with Crippen molar-refractivity contribution in [3.63, 3.8) is 0 Å². The highest BCUT2D eigenvalue weighted by Gasteiger charge is 2.12. The van der Waals surface area contributed by atoms with Crippen molar-refractivity contribution in [1.82, 2.24) is 9.97 Å². The Morgan fingerprint density at radius 1 is 0.909 bits per heavy atom. The van der Waals surface area contributed by atoms with Crippen LogP contribution in [0.15, 0.2) is 54.6 Å². The van der Waals surface area contributed by atoms with Gasteiger partial charge in [0.15, 0.2) is 0 Å². The highest BCUT2D eigenvalue weighted by Crippen LogP contribution is 2.26. The third-order valence-electron chi connectivity index (χ3n) is 3.64. The molecule has 0 aliphatic heterocycles. The summed E-state index contributed by atoms with van der Waals surface area (Å²) in [5.74, 6) is 1.58. The second-order valence-electron chi connectivity index (χ2n) is 5.56. The Bertz CT molecular complexity index is 768. The maximum absolute atomic E-state index is 4.67. The number of nitrogens with zero attached hydrogens (tertiary/aromatic N) is 3. The molecule has 1 atom stereocenters. The summed E-state index contributed by atoms with van der Waals surface area (Å²) in [4.78, 5) is 11.2. The normalized spacial score (nSPS) is 12.1. The molecule has 1 aromatic heterocycles. The minimum absolute atomic E-state index is 0.175. The van der Waals surface area contributed by atoms with E-state index in [1.165, 1.54) is 5.56 Å². The van der Waals surface area contributed by atoms with Crippen molar-refractivity contribution in [2.24, 2.45) is 0 Å². The first kappa shape index (κ1) is 14.3. The van der Waals surface area contributed by atoms with Crippen molar-refractivity contribution in [3.8, 4) is 0 Å². The minimum atomic E-state index is 0.175. The van der Waals surface area contributed by atoms with Crippen LogP contribution in [0.1, 0.15) is 18.5 Å². The van der Waals surface area contributed by atoms with E-state index < -0.39 is 0 Å². The van der Waals surface area contributed by atoms with Gasteiger partial charge in [0.1, 0.15) is 5.82 Å². The van der Waals surface area contributed by atoms with Crippen LogP contribution in [0.25, 0.3) is 10.9 Å². The summed E-state index contributed by atoms with van der Waals surface area (Å²) in [6.45, 7) is 2.14. The Kier molecular flexibility index (Phi) is 3.92. The predicted octanol–water partition coefficient (Wildman–Crippen LogP) is 3.87. The molecule has 0 aliphatic rings. The van der Waals surface area contributed by atoms with Crippen molar-refractivity contribution in [3.05, 3.63) is 60.2 Å². The van der Waals surface area contributed by atoms with Gasteiger partial charge in [0.25, 0.3) is 0 Å². The van der Waals surface area contributed by atoms with E-state index in [1.807, 2.05) is 43.3 Å². The first-order valence-electron chi connectivity index (χ1n) is 7.41. The summed E-state index contributed by atoms with van der Waals surface area (Å²) in [5, 5.41) is 4.56. The quantitative estimate of drug-likeness (QED) is 0.792. The molecule has 112 valence electrons. The standard InChI is InChI=1S/C18H20N4/c1-13(14-9-5-4-6-10-14)19-17-15-11-7-8-12-16(15)20-18(21-17)22(2)3/h4-13H,1-3H3,(H,19,20,21)/t13-/m1/s1. The fourth-order valence-electron chi connectivity index (χ4n) is 2.40. The molecule has 0 bridgehead atoms. The number of hydrogen-bond donors (Lipinski definition) is 1. The molecule has 0 saturated carbocycles. The Morgan fingerprint density at radius 3 is 2.32 bits per heavy atom. The molecule has 4 heteroatoms. The van der Waals surface area contributed by atoms with Crippen LogP contribution in [0, 0.1) is 0 Å². The van der Waals surface area contributed by atoms with Crippen LogP contribution in [0.2, 0.25) is 0 Å². The van der Waals surface area contributed by atoms with Gasteiger partial charge in [0.2, 0.25) is 5.95 Å². The third kappa shape index (κ3) is 2.86. The lowest BCUT2D eigenvalue weighted by atomic mass is 10.1. The number of nitrogens with one attached hydrogen (secondary N) is 1. The second-order valence-corrected chi connectivity index (χ2v) is 5.56. The van der Waals surface area contributed by atoms with Gasteiger partial charge >= 0.3 is 0 Å². The van der Waals surface area contributed by atoms with E-state index in [1.54, 1.807) is 0 Å². The zero-order valence-electron chi connectivity index (χ0n) is 13.1. The van der Waals surface area contributed by atoms with E-state index in [-0.39, 0.29) is 6.04 Å². The molecule has 0 fully saturated rings. The molecule has 0 amide bonds. The van der Waals surface area contributed by atoms with Crippen molar-refractivity contribution >= 4 is 22.7 Å². The maximum atomic E-state index is 4.67. The first-order chi connectivity index (χ1) is 10.6. The van der Waals surface area contributed by atoms with Crippen LogP contribution in [0.3, 0.4) is 0 Å². The van der Waals surface area contributed by atoms with Crippen LogP contribution in [-0.2, 0) is 0 Å². The molecule has 4 nitrogen and oxygen atoms in total. The topological polar surface area (TPSA) is 41.1 Å². The molecule has 0 unspecified atom stereocenters. The highest BCUT2D eigenvalue weighted by atomic mass is 15.2. The average Bonchev–Trinajstić information content (AvgIpc) is 2.55. The zero-order chi connectivity index (χ0) is 15.5.